The number of hydrogen-bond donors (Lipinski definition) is 1. The fourth-order valence-corrected chi connectivity index (χ4v) is 4.10. The summed E-state index contributed by atoms with van der Waals surface area (Å²) in [7, 11) is 0. The number of piperazine rings is 1. The zero-order valence-electron chi connectivity index (χ0n) is 15.5. The van der Waals surface area contributed by atoms with E-state index in [9.17, 15) is 0 Å². The number of hydrogen-bond acceptors (Lipinski definition) is 5. The van der Waals surface area contributed by atoms with Gasteiger partial charge in [-0.15, -0.1) is 11.3 Å². The van der Waals surface area contributed by atoms with Crippen molar-refractivity contribution in [3.05, 3.63) is 45.9 Å². The molecule has 1 fully saturated rings. The first-order valence-electron chi connectivity index (χ1n) is 9.37. The van der Waals surface area contributed by atoms with E-state index in [0.717, 1.165) is 31.2 Å². The lowest BCUT2D eigenvalue weighted by Crippen LogP contribution is -2.46. The predicted octanol–water partition coefficient (Wildman–Crippen LogP) is 3.45. The molecule has 0 radical (unpaired) electrons. The van der Waals surface area contributed by atoms with Gasteiger partial charge in [0.1, 0.15) is 0 Å². The monoisotopic (exact) mass is 358 g/mol. The Morgan fingerprint density at radius 2 is 1.96 bits per heavy atom. The highest BCUT2D eigenvalue weighted by molar-refractivity contribution is 7.11. The second-order valence-corrected chi connectivity index (χ2v) is 8.22. The van der Waals surface area contributed by atoms with Crippen LogP contribution in [0.1, 0.15) is 28.3 Å². The smallest absolute Gasteiger partial charge is 0.0897 e. The van der Waals surface area contributed by atoms with Gasteiger partial charge in [-0.2, -0.15) is 0 Å². The van der Waals surface area contributed by atoms with Crippen LogP contribution in [0.2, 0.25) is 0 Å². The minimum atomic E-state index is 0.959. The van der Waals surface area contributed by atoms with Crippen molar-refractivity contribution < 1.29 is 0 Å². The van der Waals surface area contributed by atoms with Gasteiger partial charge >= 0.3 is 0 Å². The molecule has 3 rings (SSSR count). The summed E-state index contributed by atoms with van der Waals surface area (Å²) < 4.78 is 0. The fraction of sp³-hybridized carbons (Fsp3) is 0.550. The molecule has 2 aromatic rings. The summed E-state index contributed by atoms with van der Waals surface area (Å²) in [6, 6.07) is 8.87. The van der Waals surface area contributed by atoms with E-state index in [2.05, 4.69) is 58.2 Å². The maximum atomic E-state index is 4.29. The molecule has 4 nitrogen and oxygen atoms in total. The minimum Gasteiger partial charge on any atom is -0.369 e. The molecule has 1 aromatic heterocycles. The number of rotatable bonds is 8. The SMILES string of the molecule is Cc1cccc(N2CCN(CCCCNCc3cnc(C)s3)CC2)c1. The first kappa shape index (κ1) is 18.4. The molecule has 2 heterocycles. The second-order valence-electron chi connectivity index (χ2n) is 6.90. The molecule has 0 spiro atoms. The number of nitrogens with zero attached hydrogens (tertiary/aromatic N) is 3. The Hall–Kier alpha value is -1.43. The van der Waals surface area contributed by atoms with Crippen molar-refractivity contribution in [2.45, 2.75) is 33.2 Å². The molecule has 25 heavy (non-hydrogen) atoms. The molecule has 0 atom stereocenters. The largest absolute Gasteiger partial charge is 0.369 e. The summed E-state index contributed by atoms with van der Waals surface area (Å²) >= 11 is 1.79. The van der Waals surface area contributed by atoms with Gasteiger partial charge in [0, 0.05) is 49.5 Å². The maximum absolute atomic E-state index is 4.29. The second kappa shape index (κ2) is 9.32. The molecule has 1 aromatic carbocycles. The summed E-state index contributed by atoms with van der Waals surface area (Å²) in [5, 5.41) is 4.68. The molecule has 1 aliphatic heterocycles. The van der Waals surface area contributed by atoms with E-state index in [1.54, 1.807) is 11.3 Å². The Morgan fingerprint density at radius 1 is 1.12 bits per heavy atom. The summed E-state index contributed by atoms with van der Waals surface area (Å²) in [5.74, 6) is 0. The van der Waals surface area contributed by atoms with Crippen molar-refractivity contribution in [3.63, 3.8) is 0 Å². The third-order valence-electron chi connectivity index (χ3n) is 4.79. The van der Waals surface area contributed by atoms with E-state index in [-0.39, 0.29) is 0 Å². The number of aromatic nitrogens is 1. The third kappa shape index (κ3) is 5.80. The molecule has 1 N–H and O–H groups in total. The number of nitrogens with one attached hydrogen (secondary N) is 1. The molecule has 136 valence electrons. The highest BCUT2D eigenvalue weighted by atomic mass is 32.1. The number of anilines is 1. The van der Waals surface area contributed by atoms with Crippen molar-refractivity contribution in [2.24, 2.45) is 0 Å². The van der Waals surface area contributed by atoms with Crippen LogP contribution in [0.15, 0.2) is 30.5 Å². The van der Waals surface area contributed by atoms with E-state index in [1.165, 1.54) is 48.6 Å². The van der Waals surface area contributed by atoms with Crippen LogP contribution in [-0.2, 0) is 6.54 Å². The average Bonchev–Trinajstić information content (AvgIpc) is 3.04. The molecule has 5 heteroatoms. The van der Waals surface area contributed by atoms with Gasteiger partial charge in [-0.05, 0) is 57.5 Å². The van der Waals surface area contributed by atoms with Crippen LogP contribution < -0.4 is 10.2 Å². The van der Waals surface area contributed by atoms with Crippen LogP contribution in [0.5, 0.6) is 0 Å². The first-order chi connectivity index (χ1) is 12.2. The van der Waals surface area contributed by atoms with Gasteiger partial charge in [0.25, 0.3) is 0 Å². The van der Waals surface area contributed by atoms with E-state index in [4.69, 9.17) is 0 Å². The normalized spacial score (nSPS) is 15.7. The standard InChI is InChI=1S/C20H30N4S/c1-17-6-5-7-19(14-17)24-12-10-23(11-13-24)9-4-3-8-21-15-20-16-22-18(2)25-20/h5-7,14,16,21H,3-4,8-13,15H2,1-2H3. The number of thiazole rings is 1. The van der Waals surface area contributed by atoms with Gasteiger partial charge in [-0.3, -0.25) is 4.90 Å². The minimum absolute atomic E-state index is 0.959. The quantitative estimate of drug-likeness (QED) is 0.733. The molecule has 0 aliphatic carbocycles. The van der Waals surface area contributed by atoms with Crippen LogP contribution in [0.25, 0.3) is 0 Å². The zero-order chi connectivity index (χ0) is 17.5. The molecule has 1 saturated heterocycles. The lowest BCUT2D eigenvalue weighted by Gasteiger charge is -2.36. The van der Waals surface area contributed by atoms with E-state index < -0.39 is 0 Å². The molecule has 0 saturated carbocycles. The summed E-state index contributed by atoms with van der Waals surface area (Å²) in [6.45, 7) is 12.2. The molecular weight excluding hydrogens is 328 g/mol. The van der Waals surface area contributed by atoms with Crippen LogP contribution in [0.3, 0.4) is 0 Å². The van der Waals surface area contributed by atoms with Crippen LogP contribution in [0, 0.1) is 13.8 Å². The maximum Gasteiger partial charge on any atom is 0.0897 e. The predicted molar refractivity (Wildman–Crippen MR) is 108 cm³/mol. The van der Waals surface area contributed by atoms with Crippen molar-refractivity contribution in [2.75, 3.05) is 44.2 Å². The van der Waals surface area contributed by atoms with Crippen molar-refractivity contribution >= 4 is 17.0 Å². The summed E-state index contributed by atoms with van der Waals surface area (Å²) in [5.41, 5.74) is 2.73. The Balaban J connectivity index is 1.27. The highest BCUT2D eigenvalue weighted by Gasteiger charge is 2.16. The van der Waals surface area contributed by atoms with Gasteiger partial charge in [0.05, 0.1) is 5.01 Å². The van der Waals surface area contributed by atoms with Crippen LogP contribution in [-0.4, -0.2) is 49.2 Å². The van der Waals surface area contributed by atoms with E-state index >= 15 is 0 Å². The van der Waals surface area contributed by atoms with Gasteiger partial charge in [0.15, 0.2) is 0 Å². The number of aryl methyl sites for hydroxylation is 2. The Morgan fingerprint density at radius 3 is 2.68 bits per heavy atom. The highest BCUT2D eigenvalue weighted by Crippen LogP contribution is 2.18. The van der Waals surface area contributed by atoms with Crippen LogP contribution >= 0.6 is 11.3 Å². The Kier molecular flexibility index (Phi) is 6.84. The Labute approximate surface area is 155 Å². The summed E-state index contributed by atoms with van der Waals surface area (Å²) in [4.78, 5) is 10.8. The van der Waals surface area contributed by atoms with Crippen LogP contribution in [0.4, 0.5) is 5.69 Å². The van der Waals surface area contributed by atoms with E-state index in [0.29, 0.717) is 0 Å². The van der Waals surface area contributed by atoms with Crippen molar-refractivity contribution in [1.82, 2.24) is 15.2 Å². The number of benzene rings is 1. The van der Waals surface area contributed by atoms with Gasteiger partial charge in [-0.1, -0.05) is 12.1 Å². The molecule has 1 aliphatic rings. The molecule has 0 amide bonds. The molecular formula is C20H30N4S. The van der Waals surface area contributed by atoms with Gasteiger partial charge in [0.2, 0.25) is 0 Å². The zero-order valence-corrected chi connectivity index (χ0v) is 16.3. The van der Waals surface area contributed by atoms with E-state index in [1.807, 2.05) is 6.20 Å². The third-order valence-corrected chi connectivity index (χ3v) is 5.70. The van der Waals surface area contributed by atoms with Gasteiger partial charge in [-0.25, -0.2) is 4.98 Å². The molecule has 0 unspecified atom stereocenters. The lowest BCUT2D eigenvalue weighted by molar-refractivity contribution is 0.252. The van der Waals surface area contributed by atoms with Crippen molar-refractivity contribution in [1.29, 1.82) is 0 Å². The Bertz CT molecular complexity index is 647. The molecule has 0 bridgehead atoms. The topological polar surface area (TPSA) is 31.4 Å². The average molecular weight is 359 g/mol. The lowest BCUT2D eigenvalue weighted by atomic mass is 10.2. The fourth-order valence-electron chi connectivity index (χ4n) is 3.34. The first-order valence-corrected chi connectivity index (χ1v) is 10.2. The number of unbranched alkanes of at least 4 members (excludes halogenated alkanes) is 1. The summed E-state index contributed by atoms with van der Waals surface area (Å²) in [6.07, 6.45) is 4.51. The van der Waals surface area contributed by atoms with Crippen molar-refractivity contribution in [3.8, 4) is 0 Å². The van der Waals surface area contributed by atoms with Gasteiger partial charge < -0.3 is 10.2 Å².